The van der Waals surface area contributed by atoms with E-state index in [2.05, 4.69) is 30.9 Å². The summed E-state index contributed by atoms with van der Waals surface area (Å²) in [6, 6.07) is 6.77. The lowest BCUT2D eigenvalue weighted by Gasteiger charge is -2.39. The molecule has 0 aliphatic carbocycles. The lowest BCUT2D eigenvalue weighted by Crippen LogP contribution is -2.47. The summed E-state index contributed by atoms with van der Waals surface area (Å²) in [5.74, 6) is 0. The average molecular weight is 283 g/mol. The van der Waals surface area contributed by atoms with Crippen molar-refractivity contribution >= 4 is 17.3 Å². The first kappa shape index (κ1) is 14.6. The molecule has 3 unspecified atom stereocenters. The maximum absolute atomic E-state index is 6.44. The van der Waals surface area contributed by atoms with Gasteiger partial charge in [0.05, 0.1) is 23.4 Å². The highest BCUT2D eigenvalue weighted by molar-refractivity contribution is 6.33. The molecule has 2 N–H and O–H groups in total. The van der Waals surface area contributed by atoms with Gasteiger partial charge in [-0.1, -0.05) is 17.7 Å². The van der Waals surface area contributed by atoms with Crippen molar-refractivity contribution in [3.05, 3.63) is 28.8 Å². The van der Waals surface area contributed by atoms with E-state index in [1.54, 1.807) is 0 Å². The minimum atomic E-state index is 0.157. The Kier molecular flexibility index (Phi) is 4.71. The van der Waals surface area contributed by atoms with Gasteiger partial charge in [0, 0.05) is 18.6 Å². The van der Waals surface area contributed by atoms with Gasteiger partial charge in [0.2, 0.25) is 0 Å². The molecule has 1 aromatic rings. The number of benzene rings is 1. The maximum Gasteiger partial charge on any atom is 0.0723 e. The van der Waals surface area contributed by atoms with Crippen molar-refractivity contribution < 1.29 is 4.74 Å². The van der Waals surface area contributed by atoms with Crippen molar-refractivity contribution in [2.45, 2.75) is 45.4 Å². The van der Waals surface area contributed by atoms with E-state index < -0.39 is 0 Å². The zero-order valence-corrected chi connectivity index (χ0v) is 12.7. The fourth-order valence-electron chi connectivity index (χ4n) is 2.52. The molecule has 0 spiro atoms. The van der Waals surface area contributed by atoms with Crippen LogP contribution in [0.25, 0.3) is 0 Å². The third-order valence-electron chi connectivity index (χ3n) is 3.49. The number of rotatable bonds is 3. The fourth-order valence-corrected chi connectivity index (χ4v) is 2.83. The SMILES string of the molecule is CC(N)Cc1ccc(N2CC(C)OCC2C)c(Cl)c1. The van der Waals surface area contributed by atoms with Crippen molar-refractivity contribution in [3.8, 4) is 0 Å². The van der Waals surface area contributed by atoms with Gasteiger partial charge >= 0.3 is 0 Å². The molecule has 106 valence electrons. The van der Waals surface area contributed by atoms with Crippen LogP contribution in [0.4, 0.5) is 5.69 Å². The van der Waals surface area contributed by atoms with E-state index in [4.69, 9.17) is 22.1 Å². The normalized spacial score (nSPS) is 25.4. The molecular formula is C15H23ClN2O. The topological polar surface area (TPSA) is 38.5 Å². The number of ether oxygens (including phenoxy) is 1. The maximum atomic E-state index is 6.44. The van der Waals surface area contributed by atoms with E-state index in [9.17, 15) is 0 Å². The van der Waals surface area contributed by atoms with Crippen LogP contribution in [0.3, 0.4) is 0 Å². The van der Waals surface area contributed by atoms with Gasteiger partial charge < -0.3 is 15.4 Å². The van der Waals surface area contributed by atoms with Gasteiger partial charge in [-0.05, 0) is 44.9 Å². The van der Waals surface area contributed by atoms with E-state index >= 15 is 0 Å². The van der Waals surface area contributed by atoms with Crippen molar-refractivity contribution in [1.29, 1.82) is 0 Å². The summed E-state index contributed by atoms with van der Waals surface area (Å²) in [4.78, 5) is 2.33. The van der Waals surface area contributed by atoms with Crippen LogP contribution in [-0.2, 0) is 11.2 Å². The Morgan fingerprint density at radius 2 is 2.21 bits per heavy atom. The third-order valence-corrected chi connectivity index (χ3v) is 3.79. The Labute approximate surface area is 120 Å². The summed E-state index contributed by atoms with van der Waals surface area (Å²) in [7, 11) is 0. The Bertz CT molecular complexity index is 436. The molecule has 0 radical (unpaired) electrons. The van der Waals surface area contributed by atoms with Gasteiger partial charge in [-0.3, -0.25) is 0 Å². The number of nitrogens with zero attached hydrogens (tertiary/aromatic N) is 1. The Hall–Kier alpha value is -0.770. The fraction of sp³-hybridized carbons (Fsp3) is 0.600. The molecule has 1 heterocycles. The molecule has 2 rings (SSSR count). The summed E-state index contributed by atoms with van der Waals surface area (Å²) in [5, 5.41) is 0.805. The van der Waals surface area contributed by atoms with Gasteiger partial charge in [-0.25, -0.2) is 0 Å². The van der Waals surface area contributed by atoms with Gasteiger partial charge in [-0.15, -0.1) is 0 Å². The van der Waals surface area contributed by atoms with Crippen molar-refractivity contribution in [3.63, 3.8) is 0 Å². The lowest BCUT2D eigenvalue weighted by atomic mass is 10.1. The largest absolute Gasteiger partial charge is 0.375 e. The summed E-state index contributed by atoms with van der Waals surface area (Å²) >= 11 is 6.44. The first-order valence-electron chi connectivity index (χ1n) is 6.89. The monoisotopic (exact) mass is 282 g/mol. The molecule has 1 fully saturated rings. The lowest BCUT2D eigenvalue weighted by molar-refractivity contribution is 0.0344. The summed E-state index contributed by atoms with van der Waals surface area (Å²) in [6.07, 6.45) is 1.10. The van der Waals surface area contributed by atoms with E-state index in [1.165, 1.54) is 5.56 Å². The molecular weight excluding hydrogens is 260 g/mol. The quantitative estimate of drug-likeness (QED) is 0.926. The number of hydrogen-bond donors (Lipinski definition) is 1. The second-order valence-electron chi connectivity index (χ2n) is 5.61. The highest BCUT2D eigenvalue weighted by Gasteiger charge is 2.25. The molecule has 1 aromatic carbocycles. The third kappa shape index (κ3) is 3.62. The highest BCUT2D eigenvalue weighted by atomic mass is 35.5. The average Bonchev–Trinajstić information content (AvgIpc) is 2.32. The van der Waals surface area contributed by atoms with Crippen LogP contribution in [-0.4, -0.2) is 31.3 Å². The van der Waals surface area contributed by atoms with Crippen molar-refractivity contribution in [1.82, 2.24) is 0 Å². The molecule has 0 bridgehead atoms. The van der Waals surface area contributed by atoms with Crippen LogP contribution in [0, 0.1) is 0 Å². The number of anilines is 1. The summed E-state index contributed by atoms with van der Waals surface area (Å²) < 4.78 is 5.66. The van der Waals surface area contributed by atoms with Crippen molar-refractivity contribution in [2.75, 3.05) is 18.1 Å². The zero-order valence-electron chi connectivity index (χ0n) is 11.9. The molecule has 0 amide bonds. The van der Waals surface area contributed by atoms with Crippen LogP contribution >= 0.6 is 11.6 Å². The minimum Gasteiger partial charge on any atom is -0.375 e. The molecule has 0 aromatic heterocycles. The van der Waals surface area contributed by atoms with Crippen molar-refractivity contribution in [2.24, 2.45) is 5.73 Å². The van der Waals surface area contributed by atoms with Crippen LogP contribution in [0.2, 0.25) is 5.02 Å². The predicted molar refractivity (Wildman–Crippen MR) is 81.0 cm³/mol. The smallest absolute Gasteiger partial charge is 0.0723 e. The van der Waals surface area contributed by atoms with Crippen LogP contribution in [0.15, 0.2) is 18.2 Å². The standard InChI is InChI=1S/C15H23ClN2O/c1-10(17)6-13-4-5-15(14(16)7-13)18-8-12(3)19-9-11(18)2/h4-5,7,10-12H,6,8-9,17H2,1-3H3. The predicted octanol–water partition coefficient (Wildman–Crippen LogP) is 2.84. The first-order chi connectivity index (χ1) is 8.97. The number of hydrogen-bond acceptors (Lipinski definition) is 3. The zero-order chi connectivity index (χ0) is 14.0. The molecule has 0 saturated carbocycles. The van der Waals surface area contributed by atoms with Crippen LogP contribution in [0.5, 0.6) is 0 Å². The van der Waals surface area contributed by atoms with Crippen LogP contribution in [0.1, 0.15) is 26.3 Å². The molecule has 1 aliphatic rings. The minimum absolute atomic E-state index is 0.157. The molecule has 4 heteroatoms. The number of nitrogens with two attached hydrogens (primary N) is 1. The van der Waals surface area contributed by atoms with E-state index in [-0.39, 0.29) is 12.1 Å². The highest BCUT2D eigenvalue weighted by Crippen LogP contribution is 2.30. The van der Waals surface area contributed by atoms with E-state index in [0.717, 1.165) is 30.3 Å². The Morgan fingerprint density at radius 3 is 2.84 bits per heavy atom. The number of halogens is 1. The molecule has 19 heavy (non-hydrogen) atoms. The van der Waals surface area contributed by atoms with Gasteiger partial charge in [0.15, 0.2) is 0 Å². The molecule has 1 aliphatic heterocycles. The van der Waals surface area contributed by atoms with Gasteiger partial charge in [0.25, 0.3) is 0 Å². The van der Waals surface area contributed by atoms with E-state index in [0.29, 0.717) is 6.04 Å². The Morgan fingerprint density at radius 1 is 1.47 bits per heavy atom. The Balaban J connectivity index is 2.20. The summed E-state index contributed by atoms with van der Waals surface area (Å²) in [6.45, 7) is 7.90. The summed E-state index contributed by atoms with van der Waals surface area (Å²) in [5.41, 5.74) is 8.11. The van der Waals surface area contributed by atoms with Crippen LogP contribution < -0.4 is 10.6 Å². The molecule has 1 saturated heterocycles. The first-order valence-corrected chi connectivity index (χ1v) is 7.27. The van der Waals surface area contributed by atoms with Gasteiger partial charge in [-0.2, -0.15) is 0 Å². The second kappa shape index (κ2) is 6.12. The van der Waals surface area contributed by atoms with E-state index in [1.807, 2.05) is 13.0 Å². The van der Waals surface area contributed by atoms with Gasteiger partial charge in [0.1, 0.15) is 0 Å². The second-order valence-corrected chi connectivity index (χ2v) is 6.02. The molecule has 3 atom stereocenters. The molecule has 3 nitrogen and oxygen atoms in total. The number of morpholine rings is 1.